The first-order valence-corrected chi connectivity index (χ1v) is 5.39. The van der Waals surface area contributed by atoms with Crippen molar-refractivity contribution < 1.29 is 0 Å². The van der Waals surface area contributed by atoms with E-state index in [1.807, 2.05) is 0 Å². The minimum atomic E-state index is 0.272. The third-order valence-electron chi connectivity index (χ3n) is 2.94. The van der Waals surface area contributed by atoms with E-state index in [1.54, 1.807) is 0 Å². The fourth-order valence-electron chi connectivity index (χ4n) is 1.87. The van der Waals surface area contributed by atoms with Gasteiger partial charge < -0.3 is 5.32 Å². The van der Waals surface area contributed by atoms with Crippen LogP contribution in [0.3, 0.4) is 0 Å². The monoisotopic (exact) mass is 181 g/mol. The summed E-state index contributed by atoms with van der Waals surface area (Å²) in [7, 11) is 0. The van der Waals surface area contributed by atoms with Crippen LogP contribution in [0.1, 0.15) is 40.0 Å². The van der Waals surface area contributed by atoms with Gasteiger partial charge >= 0.3 is 0 Å². The molecule has 0 aliphatic heterocycles. The normalized spacial score (nSPS) is 28.2. The van der Waals surface area contributed by atoms with E-state index in [9.17, 15) is 0 Å². The van der Waals surface area contributed by atoms with Crippen molar-refractivity contribution in [3.05, 3.63) is 12.7 Å². The summed E-state index contributed by atoms with van der Waals surface area (Å²) in [4.78, 5) is 0. The molecule has 1 heteroatoms. The van der Waals surface area contributed by atoms with Crippen molar-refractivity contribution in [2.45, 2.75) is 45.6 Å². The van der Waals surface area contributed by atoms with E-state index < -0.39 is 0 Å². The average Bonchev–Trinajstić information content (AvgIpc) is 1.96. The van der Waals surface area contributed by atoms with Crippen LogP contribution >= 0.6 is 0 Å². The van der Waals surface area contributed by atoms with Crippen molar-refractivity contribution in [3.8, 4) is 0 Å². The highest BCUT2D eigenvalue weighted by atomic mass is 14.9. The summed E-state index contributed by atoms with van der Waals surface area (Å²) in [5.41, 5.74) is 0.272. The molecule has 1 aliphatic carbocycles. The van der Waals surface area contributed by atoms with Gasteiger partial charge in [-0.25, -0.2) is 0 Å². The molecule has 1 aliphatic rings. The Bertz CT molecular complexity index is 166. The molecule has 1 fully saturated rings. The summed E-state index contributed by atoms with van der Waals surface area (Å²) in [6, 6.07) is 0. The first-order chi connectivity index (χ1) is 6.03. The Morgan fingerprint density at radius 1 is 1.31 bits per heavy atom. The molecule has 0 aromatic carbocycles. The molecule has 13 heavy (non-hydrogen) atoms. The average molecular weight is 181 g/mol. The van der Waals surface area contributed by atoms with Gasteiger partial charge in [0.1, 0.15) is 0 Å². The SMILES string of the molecule is C=CCC1CCC1CNC(C)(C)C. The molecule has 0 radical (unpaired) electrons. The van der Waals surface area contributed by atoms with E-state index in [2.05, 4.69) is 38.7 Å². The maximum atomic E-state index is 3.81. The molecule has 1 rings (SSSR count). The molecule has 0 amide bonds. The van der Waals surface area contributed by atoms with Gasteiger partial charge in [0.15, 0.2) is 0 Å². The first-order valence-electron chi connectivity index (χ1n) is 5.39. The van der Waals surface area contributed by atoms with Gasteiger partial charge in [-0.2, -0.15) is 0 Å². The number of hydrogen-bond donors (Lipinski definition) is 1. The fourth-order valence-corrected chi connectivity index (χ4v) is 1.87. The lowest BCUT2D eigenvalue weighted by Crippen LogP contribution is -2.43. The second-order valence-corrected chi connectivity index (χ2v) is 5.25. The van der Waals surface area contributed by atoms with Crippen molar-refractivity contribution in [3.63, 3.8) is 0 Å². The van der Waals surface area contributed by atoms with Gasteiger partial charge in [-0.1, -0.05) is 6.08 Å². The van der Waals surface area contributed by atoms with Crippen LogP contribution in [0.5, 0.6) is 0 Å². The van der Waals surface area contributed by atoms with Gasteiger partial charge in [0.05, 0.1) is 0 Å². The van der Waals surface area contributed by atoms with Gasteiger partial charge in [0, 0.05) is 5.54 Å². The summed E-state index contributed by atoms with van der Waals surface area (Å²) >= 11 is 0. The smallest absolute Gasteiger partial charge is 0.00966 e. The Morgan fingerprint density at radius 3 is 2.31 bits per heavy atom. The van der Waals surface area contributed by atoms with Crippen LogP contribution in [0.4, 0.5) is 0 Å². The van der Waals surface area contributed by atoms with E-state index in [4.69, 9.17) is 0 Å². The quantitative estimate of drug-likeness (QED) is 0.657. The third-order valence-corrected chi connectivity index (χ3v) is 2.94. The highest BCUT2D eigenvalue weighted by molar-refractivity contribution is 4.88. The Morgan fingerprint density at radius 2 is 1.92 bits per heavy atom. The molecule has 0 spiro atoms. The number of rotatable bonds is 4. The lowest BCUT2D eigenvalue weighted by atomic mass is 9.72. The van der Waals surface area contributed by atoms with Gasteiger partial charge in [-0.15, -0.1) is 6.58 Å². The molecule has 76 valence electrons. The van der Waals surface area contributed by atoms with Crippen LogP contribution in [-0.4, -0.2) is 12.1 Å². The molecule has 0 aromatic heterocycles. The highest BCUT2D eigenvalue weighted by Gasteiger charge is 2.29. The molecule has 2 atom stereocenters. The van der Waals surface area contributed by atoms with Crippen LogP contribution in [0.2, 0.25) is 0 Å². The topological polar surface area (TPSA) is 12.0 Å². The Balaban J connectivity index is 2.19. The Hall–Kier alpha value is -0.300. The van der Waals surface area contributed by atoms with Gasteiger partial charge in [0.25, 0.3) is 0 Å². The minimum absolute atomic E-state index is 0.272. The van der Waals surface area contributed by atoms with Crippen LogP contribution in [0, 0.1) is 11.8 Å². The lowest BCUT2D eigenvalue weighted by Gasteiger charge is -2.38. The number of hydrogen-bond acceptors (Lipinski definition) is 1. The predicted octanol–water partition coefficient (Wildman–Crippen LogP) is 2.98. The van der Waals surface area contributed by atoms with Crippen LogP contribution in [0.15, 0.2) is 12.7 Å². The van der Waals surface area contributed by atoms with Crippen molar-refractivity contribution in [2.24, 2.45) is 11.8 Å². The molecule has 0 saturated heterocycles. The van der Waals surface area contributed by atoms with Crippen molar-refractivity contribution in [2.75, 3.05) is 6.54 Å². The molecule has 2 unspecified atom stereocenters. The zero-order valence-electron chi connectivity index (χ0n) is 9.27. The second-order valence-electron chi connectivity index (χ2n) is 5.25. The van der Waals surface area contributed by atoms with Crippen molar-refractivity contribution >= 4 is 0 Å². The van der Waals surface area contributed by atoms with Crippen LogP contribution < -0.4 is 5.32 Å². The molecule has 1 nitrogen and oxygen atoms in total. The summed E-state index contributed by atoms with van der Waals surface area (Å²) in [6.07, 6.45) is 6.08. The zero-order valence-corrected chi connectivity index (χ0v) is 9.27. The molecular weight excluding hydrogens is 158 g/mol. The van der Waals surface area contributed by atoms with Gasteiger partial charge in [0.2, 0.25) is 0 Å². The summed E-state index contributed by atoms with van der Waals surface area (Å²) < 4.78 is 0. The zero-order chi connectivity index (χ0) is 9.90. The van der Waals surface area contributed by atoms with E-state index >= 15 is 0 Å². The number of nitrogens with one attached hydrogen (secondary N) is 1. The maximum Gasteiger partial charge on any atom is 0.00966 e. The second kappa shape index (κ2) is 4.28. The first kappa shape index (κ1) is 10.8. The summed E-state index contributed by atoms with van der Waals surface area (Å²) in [6.45, 7) is 11.7. The third kappa shape index (κ3) is 3.51. The molecule has 0 aromatic rings. The Labute approximate surface area is 82.6 Å². The summed E-state index contributed by atoms with van der Waals surface area (Å²) in [5.74, 6) is 1.81. The molecule has 0 bridgehead atoms. The van der Waals surface area contributed by atoms with E-state index in [-0.39, 0.29) is 5.54 Å². The fraction of sp³-hybridized carbons (Fsp3) is 0.833. The highest BCUT2D eigenvalue weighted by Crippen LogP contribution is 2.36. The van der Waals surface area contributed by atoms with E-state index in [0.29, 0.717) is 0 Å². The molecular formula is C12H23N. The number of allylic oxidation sites excluding steroid dienone is 1. The van der Waals surface area contributed by atoms with Crippen molar-refractivity contribution in [1.82, 2.24) is 5.32 Å². The predicted molar refractivity (Wildman–Crippen MR) is 58.8 cm³/mol. The summed E-state index contributed by atoms with van der Waals surface area (Å²) in [5, 5.41) is 3.58. The van der Waals surface area contributed by atoms with Gasteiger partial charge in [-0.05, 0) is 58.4 Å². The van der Waals surface area contributed by atoms with E-state index in [1.165, 1.54) is 25.8 Å². The standard InChI is InChI=1S/C12H23N/c1-5-6-10-7-8-11(10)9-13-12(2,3)4/h5,10-11,13H,1,6-9H2,2-4H3. The van der Waals surface area contributed by atoms with E-state index in [0.717, 1.165) is 11.8 Å². The minimum Gasteiger partial charge on any atom is -0.312 e. The van der Waals surface area contributed by atoms with Crippen LogP contribution in [0.25, 0.3) is 0 Å². The largest absolute Gasteiger partial charge is 0.312 e. The van der Waals surface area contributed by atoms with Crippen LogP contribution in [-0.2, 0) is 0 Å². The molecule has 0 heterocycles. The lowest BCUT2D eigenvalue weighted by molar-refractivity contribution is 0.162. The maximum absolute atomic E-state index is 3.81. The Kier molecular flexibility index (Phi) is 3.55. The molecule has 1 N–H and O–H groups in total. The molecule has 1 saturated carbocycles. The van der Waals surface area contributed by atoms with Crippen molar-refractivity contribution in [1.29, 1.82) is 0 Å². The van der Waals surface area contributed by atoms with Gasteiger partial charge in [-0.3, -0.25) is 0 Å².